The van der Waals surface area contributed by atoms with Gasteiger partial charge in [-0.05, 0) is 42.9 Å². The third-order valence-corrected chi connectivity index (χ3v) is 4.32. The zero-order valence-electron chi connectivity index (χ0n) is 10.6. The second kappa shape index (κ2) is 5.06. The van der Waals surface area contributed by atoms with Crippen LogP contribution >= 0.6 is 15.9 Å². The Labute approximate surface area is 120 Å². The lowest BCUT2D eigenvalue weighted by molar-refractivity contribution is 0.253. The van der Waals surface area contributed by atoms with Gasteiger partial charge in [-0.25, -0.2) is 9.97 Å². The number of hydrogen-bond donors (Lipinski definition) is 2. The Bertz CT molecular complexity index is 598. The Hall–Kier alpha value is -1.20. The van der Waals surface area contributed by atoms with Crippen LogP contribution in [0.5, 0.6) is 0 Å². The average Bonchev–Trinajstić information content (AvgIpc) is 3.17. The van der Waals surface area contributed by atoms with Crippen LogP contribution in [-0.2, 0) is 0 Å². The van der Waals surface area contributed by atoms with Crippen molar-refractivity contribution in [2.45, 2.75) is 19.3 Å². The largest absolute Gasteiger partial charge is 0.396 e. The third-order valence-electron chi connectivity index (χ3n) is 3.83. The molecule has 1 fully saturated rings. The van der Waals surface area contributed by atoms with Crippen molar-refractivity contribution in [2.24, 2.45) is 5.41 Å². The van der Waals surface area contributed by atoms with E-state index in [0.29, 0.717) is 0 Å². The Morgan fingerprint density at radius 1 is 1.32 bits per heavy atom. The summed E-state index contributed by atoms with van der Waals surface area (Å²) in [6.45, 7) is 1.13. The molecule has 5 heteroatoms. The zero-order chi connectivity index (χ0) is 13.3. The first-order valence-corrected chi connectivity index (χ1v) is 7.27. The first-order valence-electron chi connectivity index (χ1n) is 6.47. The summed E-state index contributed by atoms with van der Waals surface area (Å²) in [6.07, 6.45) is 4.83. The number of halogens is 1. The topological polar surface area (TPSA) is 58.0 Å². The molecule has 1 aromatic carbocycles. The second-order valence-electron chi connectivity index (χ2n) is 5.21. The SMILES string of the molecule is OCCC1(CNc2ncnc3ccc(Br)cc23)CC1. The molecule has 0 saturated heterocycles. The molecule has 0 spiro atoms. The van der Waals surface area contributed by atoms with Crippen molar-refractivity contribution in [1.82, 2.24) is 9.97 Å². The predicted molar refractivity (Wildman–Crippen MR) is 79.1 cm³/mol. The smallest absolute Gasteiger partial charge is 0.137 e. The van der Waals surface area contributed by atoms with Crippen LogP contribution in [0.4, 0.5) is 5.82 Å². The number of rotatable bonds is 5. The van der Waals surface area contributed by atoms with Crippen LogP contribution in [0.25, 0.3) is 10.9 Å². The molecular weight excluding hydrogens is 306 g/mol. The highest BCUT2D eigenvalue weighted by atomic mass is 79.9. The summed E-state index contributed by atoms with van der Waals surface area (Å²) >= 11 is 3.48. The number of hydrogen-bond acceptors (Lipinski definition) is 4. The minimum Gasteiger partial charge on any atom is -0.396 e. The summed E-state index contributed by atoms with van der Waals surface area (Å²) in [5, 5.41) is 13.5. The summed E-state index contributed by atoms with van der Waals surface area (Å²) < 4.78 is 1.02. The van der Waals surface area contributed by atoms with E-state index in [2.05, 4.69) is 31.2 Å². The van der Waals surface area contributed by atoms with Crippen molar-refractivity contribution in [2.75, 3.05) is 18.5 Å². The summed E-state index contributed by atoms with van der Waals surface area (Å²) in [4.78, 5) is 8.60. The maximum atomic E-state index is 9.09. The van der Waals surface area contributed by atoms with E-state index in [1.165, 1.54) is 12.8 Å². The molecule has 2 N–H and O–H groups in total. The van der Waals surface area contributed by atoms with E-state index in [-0.39, 0.29) is 12.0 Å². The van der Waals surface area contributed by atoms with E-state index in [0.717, 1.165) is 34.2 Å². The van der Waals surface area contributed by atoms with Crippen LogP contribution in [-0.4, -0.2) is 28.2 Å². The molecule has 0 radical (unpaired) electrons. The molecule has 1 saturated carbocycles. The Morgan fingerprint density at radius 3 is 2.89 bits per heavy atom. The van der Waals surface area contributed by atoms with Gasteiger partial charge < -0.3 is 10.4 Å². The maximum Gasteiger partial charge on any atom is 0.137 e. The van der Waals surface area contributed by atoms with Crippen molar-refractivity contribution in [3.63, 3.8) is 0 Å². The number of aromatic nitrogens is 2. The van der Waals surface area contributed by atoms with Crippen LogP contribution in [0.1, 0.15) is 19.3 Å². The number of aliphatic hydroxyl groups is 1. The van der Waals surface area contributed by atoms with Crippen LogP contribution in [0, 0.1) is 5.41 Å². The highest BCUT2D eigenvalue weighted by Crippen LogP contribution is 2.48. The van der Waals surface area contributed by atoms with Crippen molar-refractivity contribution >= 4 is 32.7 Å². The number of nitrogens with one attached hydrogen (secondary N) is 1. The zero-order valence-corrected chi connectivity index (χ0v) is 12.2. The van der Waals surface area contributed by atoms with Gasteiger partial charge in [0.05, 0.1) is 5.52 Å². The first-order chi connectivity index (χ1) is 9.22. The fourth-order valence-electron chi connectivity index (χ4n) is 2.37. The molecular formula is C14H16BrN3O. The molecule has 4 nitrogen and oxygen atoms in total. The van der Waals surface area contributed by atoms with Crippen LogP contribution < -0.4 is 5.32 Å². The van der Waals surface area contributed by atoms with E-state index in [4.69, 9.17) is 5.11 Å². The van der Waals surface area contributed by atoms with Gasteiger partial charge in [0, 0.05) is 23.0 Å². The Morgan fingerprint density at radius 2 is 2.16 bits per heavy atom. The first kappa shape index (κ1) is 12.8. The number of nitrogens with zero attached hydrogens (tertiary/aromatic N) is 2. The molecule has 2 aromatic rings. The highest BCUT2D eigenvalue weighted by molar-refractivity contribution is 9.10. The van der Waals surface area contributed by atoms with Crippen molar-refractivity contribution in [3.05, 3.63) is 29.0 Å². The molecule has 100 valence electrons. The van der Waals surface area contributed by atoms with Gasteiger partial charge in [0.2, 0.25) is 0 Å². The van der Waals surface area contributed by atoms with Gasteiger partial charge in [-0.15, -0.1) is 0 Å². The minimum atomic E-state index is 0.262. The molecule has 1 heterocycles. The molecule has 1 aliphatic rings. The molecule has 0 unspecified atom stereocenters. The van der Waals surface area contributed by atoms with Gasteiger partial charge in [0.1, 0.15) is 12.1 Å². The van der Waals surface area contributed by atoms with Gasteiger partial charge >= 0.3 is 0 Å². The quantitative estimate of drug-likeness (QED) is 0.888. The number of benzene rings is 1. The van der Waals surface area contributed by atoms with Gasteiger partial charge in [-0.3, -0.25) is 0 Å². The van der Waals surface area contributed by atoms with E-state index in [9.17, 15) is 0 Å². The fourth-order valence-corrected chi connectivity index (χ4v) is 2.73. The lowest BCUT2D eigenvalue weighted by Crippen LogP contribution is -2.17. The van der Waals surface area contributed by atoms with Crippen molar-refractivity contribution in [3.8, 4) is 0 Å². The normalized spacial score (nSPS) is 16.5. The van der Waals surface area contributed by atoms with Gasteiger partial charge in [-0.2, -0.15) is 0 Å². The standard InChI is InChI=1S/C14H16BrN3O/c15-10-1-2-12-11(7-10)13(18-9-17-12)16-8-14(3-4-14)5-6-19/h1-2,7,9,19H,3-6,8H2,(H,16,17,18). The number of anilines is 1. The summed E-state index contributed by atoms with van der Waals surface area (Å²) in [5.74, 6) is 0.871. The molecule has 3 rings (SSSR count). The van der Waals surface area contributed by atoms with E-state index in [1.807, 2.05) is 18.2 Å². The molecule has 1 aromatic heterocycles. The highest BCUT2D eigenvalue weighted by Gasteiger charge is 2.41. The molecule has 1 aliphatic carbocycles. The summed E-state index contributed by atoms with van der Waals surface area (Å²) in [7, 11) is 0. The minimum absolute atomic E-state index is 0.262. The van der Waals surface area contributed by atoms with Crippen molar-refractivity contribution < 1.29 is 5.11 Å². The van der Waals surface area contributed by atoms with Gasteiger partial charge in [0.25, 0.3) is 0 Å². The maximum absolute atomic E-state index is 9.09. The molecule has 19 heavy (non-hydrogen) atoms. The monoisotopic (exact) mass is 321 g/mol. The molecule has 0 amide bonds. The predicted octanol–water partition coefficient (Wildman–Crippen LogP) is 2.97. The number of aliphatic hydroxyl groups excluding tert-OH is 1. The van der Waals surface area contributed by atoms with E-state index in [1.54, 1.807) is 6.33 Å². The summed E-state index contributed by atoms with van der Waals surface area (Å²) in [6, 6.07) is 5.99. The van der Waals surface area contributed by atoms with Crippen LogP contribution in [0.3, 0.4) is 0 Å². The summed E-state index contributed by atoms with van der Waals surface area (Å²) in [5.41, 5.74) is 1.21. The average molecular weight is 322 g/mol. The molecule has 0 atom stereocenters. The molecule has 0 bridgehead atoms. The van der Waals surface area contributed by atoms with Gasteiger partial charge in [0.15, 0.2) is 0 Å². The number of fused-ring (bicyclic) bond motifs is 1. The van der Waals surface area contributed by atoms with E-state index >= 15 is 0 Å². The lowest BCUT2D eigenvalue weighted by atomic mass is 10.0. The molecule has 0 aliphatic heterocycles. The second-order valence-corrected chi connectivity index (χ2v) is 6.13. The Kier molecular flexibility index (Phi) is 3.41. The Balaban J connectivity index is 1.83. The van der Waals surface area contributed by atoms with Crippen LogP contribution in [0.15, 0.2) is 29.0 Å². The van der Waals surface area contributed by atoms with Gasteiger partial charge in [-0.1, -0.05) is 15.9 Å². The lowest BCUT2D eigenvalue weighted by Gasteiger charge is -2.15. The van der Waals surface area contributed by atoms with E-state index < -0.39 is 0 Å². The van der Waals surface area contributed by atoms with Crippen LogP contribution in [0.2, 0.25) is 0 Å². The third kappa shape index (κ3) is 2.72. The van der Waals surface area contributed by atoms with Crippen molar-refractivity contribution in [1.29, 1.82) is 0 Å². The fraction of sp³-hybridized carbons (Fsp3) is 0.429.